The Balaban J connectivity index is 2.78. The number of carbonyl (C=O) groups is 2. The van der Waals surface area contributed by atoms with Crippen LogP contribution < -0.4 is 0 Å². The summed E-state index contributed by atoms with van der Waals surface area (Å²) in [6, 6.07) is 2.20. The quantitative estimate of drug-likeness (QED) is 0.282. The van der Waals surface area contributed by atoms with Crippen LogP contribution in [-0.2, 0) is 4.74 Å². The van der Waals surface area contributed by atoms with Gasteiger partial charge in [0.25, 0.3) is 0 Å². The van der Waals surface area contributed by atoms with E-state index in [1.807, 2.05) is 0 Å². The average molecular weight is 337 g/mol. The van der Waals surface area contributed by atoms with Crippen LogP contribution in [0.4, 0.5) is 5.69 Å². The van der Waals surface area contributed by atoms with Crippen LogP contribution in [0.5, 0.6) is 11.5 Å². The molecule has 120 valence electrons. The van der Waals surface area contributed by atoms with Gasteiger partial charge in [0.05, 0.1) is 17.1 Å². The minimum atomic E-state index is -1.08. The van der Waals surface area contributed by atoms with E-state index in [-0.39, 0.29) is 12.2 Å². The maximum atomic E-state index is 12.5. The fourth-order valence-electron chi connectivity index (χ4n) is 1.96. The number of nitro benzene ring substituents is 1. The lowest BCUT2D eigenvalue weighted by atomic mass is 9.97. The molecule has 0 bridgehead atoms. The van der Waals surface area contributed by atoms with Crippen molar-refractivity contribution in [1.82, 2.24) is 0 Å². The van der Waals surface area contributed by atoms with E-state index in [0.29, 0.717) is 0 Å². The Morgan fingerprint density at radius 3 is 2.61 bits per heavy atom. The number of benzene rings is 1. The minimum Gasteiger partial charge on any atom is -0.504 e. The lowest BCUT2D eigenvalue weighted by Gasteiger charge is -2.10. The van der Waals surface area contributed by atoms with Gasteiger partial charge >= 0.3 is 11.7 Å². The average Bonchev–Trinajstić information content (AvgIpc) is 3.02. The summed E-state index contributed by atoms with van der Waals surface area (Å²) in [6.07, 6.45) is 0. The largest absolute Gasteiger partial charge is 0.504 e. The molecule has 1 heterocycles. The van der Waals surface area contributed by atoms with Crippen molar-refractivity contribution in [2.75, 3.05) is 6.61 Å². The molecule has 0 radical (unpaired) electrons. The third-order valence-electron chi connectivity index (χ3n) is 2.94. The number of thiophene rings is 1. The monoisotopic (exact) mass is 337 g/mol. The maximum Gasteiger partial charge on any atom is 0.339 e. The van der Waals surface area contributed by atoms with Gasteiger partial charge < -0.3 is 14.9 Å². The molecule has 1 aromatic heterocycles. The van der Waals surface area contributed by atoms with E-state index < -0.39 is 45.0 Å². The van der Waals surface area contributed by atoms with Crippen LogP contribution >= 0.6 is 11.3 Å². The molecule has 9 heteroatoms. The predicted octanol–water partition coefficient (Wildman–Crippen LogP) is 2.48. The molecule has 0 saturated carbocycles. The molecule has 2 aromatic rings. The van der Waals surface area contributed by atoms with Crippen molar-refractivity contribution in [2.24, 2.45) is 0 Å². The number of hydrogen-bond acceptors (Lipinski definition) is 8. The Kier molecular flexibility index (Phi) is 4.60. The number of rotatable bonds is 5. The first-order chi connectivity index (χ1) is 10.9. The second-order valence-corrected chi connectivity index (χ2v) is 5.11. The Hall–Kier alpha value is -2.94. The first-order valence-corrected chi connectivity index (χ1v) is 7.30. The van der Waals surface area contributed by atoms with Gasteiger partial charge in [-0.2, -0.15) is 11.3 Å². The number of esters is 1. The number of ketones is 1. The Morgan fingerprint density at radius 1 is 1.39 bits per heavy atom. The third-order valence-corrected chi connectivity index (χ3v) is 3.63. The molecule has 2 N–H and O–H groups in total. The molecule has 8 nitrogen and oxygen atoms in total. The van der Waals surface area contributed by atoms with E-state index in [9.17, 15) is 29.9 Å². The van der Waals surface area contributed by atoms with Crippen LogP contribution in [0.3, 0.4) is 0 Å². The summed E-state index contributed by atoms with van der Waals surface area (Å²) in [5.74, 6) is -3.80. The number of phenols is 2. The van der Waals surface area contributed by atoms with E-state index >= 15 is 0 Å². The number of hydrogen-bond donors (Lipinski definition) is 2. The van der Waals surface area contributed by atoms with E-state index in [4.69, 9.17) is 4.74 Å². The summed E-state index contributed by atoms with van der Waals surface area (Å²) < 4.78 is 4.76. The summed E-state index contributed by atoms with van der Waals surface area (Å²) in [5.41, 5.74) is -2.02. The molecular weight excluding hydrogens is 326 g/mol. The first kappa shape index (κ1) is 16.4. The zero-order chi connectivity index (χ0) is 17.1. The minimum absolute atomic E-state index is 0.0274. The molecule has 0 spiro atoms. The highest BCUT2D eigenvalue weighted by molar-refractivity contribution is 7.08. The van der Waals surface area contributed by atoms with Gasteiger partial charge in [0.1, 0.15) is 5.56 Å². The predicted molar refractivity (Wildman–Crippen MR) is 80.1 cm³/mol. The third kappa shape index (κ3) is 2.99. The fraction of sp³-hybridized carbons (Fsp3) is 0.143. The van der Waals surface area contributed by atoms with Crippen LogP contribution in [0.2, 0.25) is 0 Å². The molecule has 1 aromatic carbocycles. The van der Waals surface area contributed by atoms with Crippen molar-refractivity contribution in [1.29, 1.82) is 0 Å². The van der Waals surface area contributed by atoms with Gasteiger partial charge in [0.15, 0.2) is 5.75 Å². The smallest absolute Gasteiger partial charge is 0.339 e. The lowest BCUT2D eigenvalue weighted by Crippen LogP contribution is -2.15. The highest BCUT2D eigenvalue weighted by Gasteiger charge is 2.34. The summed E-state index contributed by atoms with van der Waals surface area (Å²) in [7, 11) is 0. The number of nitro groups is 1. The van der Waals surface area contributed by atoms with Gasteiger partial charge in [-0.25, -0.2) is 4.79 Å². The second-order valence-electron chi connectivity index (χ2n) is 4.33. The van der Waals surface area contributed by atoms with Crippen molar-refractivity contribution < 1.29 is 29.5 Å². The van der Waals surface area contributed by atoms with Gasteiger partial charge in [0.2, 0.25) is 11.5 Å². The van der Waals surface area contributed by atoms with Gasteiger partial charge in [-0.1, -0.05) is 0 Å². The summed E-state index contributed by atoms with van der Waals surface area (Å²) in [5, 5.41) is 33.6. The second kappa shape index (κ2) is 6.44. The van der Waals surface area contributed by atoms with Crippen LogP contribution in [0.1, 0.15) is 33.2 Å². The van der Waals surface area contributed by atoms with Crippen LogP contribution in [-0.4, -0.2) is 33.5 Å². The maximum absolute atomic E-state index is 12.5. The fourth-order valence-corrected chi connectivity index (χ4v) is 2.60. The zero-order valence-corrected chi connectivity index (χ0v) is 12.6. The molecule has 0 unspecified atom stereocenters. The lowest BCUT2D eigenvalue weighted by molar-refractivity contribution is -0.386. The van der Waals surface area contributed by atoms with Crippen LogP contribution in [0.25, 0.3) is 0 Å². The molecule has 0 aliphatic carbocycles. The van der Waals surface area contributed by atoms with Crippen molar-refractivity contribution in [3.63, 3.8) is 0 Å². The Morgan fingerprint density at radius 2 is 2.09 bits per heavy atom. The molecule has 0 fully saturated rings. The molecule has 0 amide bonds. The van der Waals surface area contributed by atoms with Crippen LogP contribution in [0, 0.1) is 10.1 Å². The molecular formula is C14H11NO7S. The highest BCUT2D eigenvalue weighted by atomic mass is 32.1. The molecule has 0 aliphatic heterocycles. The summed E-state index contributed by atoms with van der Waals surface area (Å²) in [4.78, 5) is 34.7. The molecule has 0 saturated heterocycles. The van der Waals surface area contributed by atoms with E-state index in [0.717, 1.165) is 6.07 Å². The van der Waals surface area contributed by atoms with Crippen LogP contribution in [0.15, 0.2) is 22.9 Å². The Bertz CT molecular complexity index is 783. The number of carbonyl (C=O) groups excluding carboxylic acids is 2. The van der Waals surface area contributed by atoms with Gasteiger partial charge in [-0.05, 0) is 24.4 Å². The van der Waals surface area contributed by atoms with Crippen molar-refractivity contribution in [3.05, 3.63) is 49.7 Å². The van der Waals surface area contributed by atoms with E-state index in [1.165, 1.54) is 29.7 Å². The van der Waals surface area contributed by atoms with Gasteiger partial charge in [0, 0.05) is 10.9 Å². The van der Waals surface area contributed by atoms with E-state index in [2.05, 4.69) is 0 Å². The topological polar surface area (TPSA) is 127 Å². The number of phenolic OH excluding ortho intramolecular Hbond substituents is 2. The highest BCUT2D eigenvalue weighted by Crippen LogP contribution is 2.41. The summed E-state index contributed by atoms with van der Waals surface area (Å²) >= 11 is 1.19. The van der Waals surface area contributed by atoms with E-state index in [1.54, 1.807) is 5.38 Å². The molecule has 23 heavy (non-hydrogen) atoms. The zero-order valence-electron chi connectivity index (χ0n) is 11.8. The number of aromatic hydroxyl groups is 2. The SMILES string of the molecule is CCOC(=O)c1cc(O)c(O)c([N+](=O)[O-])c1C(=O)c1ccsc1. The first-order valence-electron chi connectivity index (χ1n) is 6.35. The van der Waals surface area contributed by atoms with Gasteiger partial charge in [-0.15, -0.1) is 0 Å². The Labute approximate surface area is 133 Å². The summed E-state index contributed by atoms with van der Waals surface area (Å²) in [6.45, 7) is 1.49. The normalized spacial score (nSPS) is 10.3. The molecule has 2 rings (SSSR count). The van der Waals surface area contributed by atoms with Crippen molar-refractivity contribution in [2.45, 2.75) is 6.92 Å². The van der Waals surface area contributed by atoms with Crippen molar-refractivity contribution in [3.8, 4) is 11.5 Å². The standard InChI is InChI=1S/C14H11NO7S/c1-2-22-14(19)8-5-9(16)13(18)11(15(20)21)10(8)12(17)7-3-4-23-6-7/h3-6,16,18H,2H2,1H3. The number of nitrogens with zero attached hydrogens (tertiary/aromatic N) is 1. The number of ether oxygens (including phenoxy) is 1. The van der Waals surface area contributed by atoms with Gasteiger partial charge in [-0.3, -0.25) is 14.9 Å². The molecule has 0 atom stereocenters. The van der Waals surface area contributed by atoms with Crippen molar-refractivity contribution >= 4 is 28.8 Å². The molecule has 0 aliphatic rings.